The van der Waals surface area contributed by atoms with Crippen molar-refractivity contribution in [2.75, 3.05) is 5.75 Å². The molecule has 0 radical (unpaired) electrons. The topological polar surface area (TPSA) is 42.9 Å². The molecule has 2 aromatic rings. The van der Waals surface area contributed by atoms with E-state index in [-0.39, 0.29) is 11.6 Å². The predicted molar refractivity (Wildman–Crippen MR) is 65.7 cm³/mol. The lowest BCUT2D eigenvalue weighted by Crippen LogP contribution is -2.05. The molecule has 0 bridgehead atoms. The minimum atomic E-state index is -0.288. The minimum Gasteiger partial charge on any atom is -0.298 e. The van der Waals surface area contributed by atoms with Crippen molar-refractivity contribution in [1.29, 1.82) is 0 Å². The minimum absolute atomic E-state index is 0.0943. The summed E-state index contributed by atoms with van der Waals surface area (Å²) in [5, 5.41) is 7.53. The van der Waals surface area contributed by atoms with Gasteiger partial charge in [-0.25, -0.2) is 4.39 Å². The summed E-state index contributed by atoms with van der Waals surface area (Å²) in [6, 6.07) is 5.98. The highest BCUT2D eigenvalue weighted by Crippen LogP contribution is 2.19. The zero-order valence-electron chi connectivity index (χ0n) is 8.80. The average molecular weight is 268 g/mol. The number of halogens is 1. The van der Waals surface area contributed by atoms with Gasteiger partial charge >= 0.3 is 0 Å². The van der Waals surface area contributed by atoms with Crippen LogP contribution in [0.2, 0.25) is 0 Å². The first-order chi connectivity index (χ1) is 8.24. The Hall–Kier alpha value is -1.27. The van der Waals surface area contributed by atoms with Gasteiger partial charge in [0.15, 0.2) is 4.34 Å². The molecule has 2 rings (SSSR count). The third-order valence-electron chi connectivity index (χ3n) is 2.01. The number of carbonyl (C=O) groups excluding carboxylic acids is 1. The molecule has 1 aromatic carbocycles. The van der Waals surface area contributed by atoms with E-state index in [4.69, 9.17) is 0 Å². The Morgan fingerprint density at radius 1 is 1.35 bits per heavy atom. The Morgan fingerprint density at radius 2 is 2.12 bits per heavy atom. The monoisotopic (exact) mass is 268 g/mol. The fourth-order valence-electron chi connectivity index (χ4n) is 1.25. The number of nitrogens with zero attached hydrogens (tertiary/aromatic N) is 2. The number of carbonyl (C=O) groups is 1. The van der Waals surface area contributed by atoms with Gasteiger partial charge in [0, 0.05) is 6.42 Å². The normalized spacial score (nSPS) is 10.4. The molecule has 1 aromatic heterocycles. The Balaban J connectivity index is 1.83. The largest absolute Gasteiger partial charge is 0.298 e. The van der Waals surface area contributed by atoms with Crippen LogP contribution in [-0.2, 0) is 11.2 Å². The summed E-state index contributed by atoms with van der Waals surface area (Å²) >= 11 is 2.79. The number of benzene rings is 1. The molecule has 0 fully saturated rings. The second kappa shape index (κ2) is 5.88. The van der Waals surface area contributed by atoms with Crippen molar-refractivity contribution >= 4 is 28.9 Å². The molecule has 0 amide bonds. The fraction of sp³-hybridized carbons (Fsp3) is 0.182. The molecule has 0 saturated carbocycles. The summed E-state index contributed by atoms with van der Waals surface area (Å²) in [4.78, 5) is 11.6. The maximum absolute atomic E-state index is 12.7. The zero-order valence-corrected chi connectivity index (χ0v) is 10.4. The highest BCUT2D eigenvalue weighted by Gasteiger charge is 2.06. The molecule has 0 N–H and O–H groups in total. The number of hydrogen-bond acceptors (Lipinski definition) is 5. The van der Waals surface area contributed by atoms with Crippen molar-refractivity contribution < 1.29 is 9.18 Å². The van der Waals surface area contributed by atoms with Crippen molar-refractivity contribution in [2.24, 2.45) is 0 Å². The van der Waals surface area contributed by atoms with E-state index in [1.165, 1.54) is 35.2 Å². The van der Waals surface area contributed by atoms with Gasteiger partial charge in [-0.15, -0.1) is 10.2 Å². The molecular formula is C11H9FN2OS2. The second-order valence-electron chi connectivity index (χ2n) is 3.34. The number of rotatable bonds is 5. The Labute approximate surface area is 106 Å². The van der Waals surface area contributed by atoms with E-state index in [9.17, 15) is 9.18 Å². The molecule has 0 unspecified atom stereocenters. The van der Waals surface area contributed by atoms with E-state index < -0.39 is 0 Å². The second-order valence-corrected chi connectivity index (χ2v) is 5.39. The molecule has 3 nitrogen and oxygen atoms in total. The van der Waals surface area contributed by atoms with Crippen molar-refractivity contribution in [1.82, 2.24) is 10.2 Å². The van der Waals surface area contributed by atoms with E-state index in [1.54, 1.807) is 17.6 Å². The fourth-order valence-corrected chi connectivity index (χ4v) is 2.60. The molecule has 17 heavy (non-hydrogen) atoms. The molecule has 1 heterocycles. The van der Waals surface area contributed by atoms with E-state index in [1.807, 2.05) is 0 Å². The molecule has 0 atom stereocenters. The lowest BCUT2D eigenvalue weighted by molar-refractivity contribution is -0.116. The van der Waals surface area contributed by atoms with Gasteiger partial charge in [-0.3, -0.25) is 4.79 Å². The Bertz CT molecular complexity index is 485. The lowest BCUT2D eigenvalue weighted by atomic mass is 10.1. The number of Topliss-reactive ketones (excluding diaryl/α,β-unsaturated/α-hetero) is 1. The summed E-state index contributed by atoms with van der Waals surface area (Å²) < 4.78 is 13.4. The van der Waals surface area contributed by atoms with Gasteiger partial charge in [0.05, 0.1) is 5.75 Å². The van der Waals surface area contributed by atoms with Gasteiger partial charge in [0.25, 0.3) is 0 Å². The summed E-state index contributed by atoms with van der Waals surface area (Å²) in [5.41, 5.74) is 2.46. The highest BCUT2D eigenvalue weighted by molar-refractivity contribution is 8.01. The third kappa shape index (κ3) is 3.90. The molecule has 0 aliphatic carbocycles. The van der Waals surface area contributed by atoms with E-state index in [0.717, 1.165) is 9.90 Å². The number of hydrogen-bond donors (Lipinski definition) is 0. The van der Waals surface area contributed by atoms with Gasteiger partial charge in [0.2, 0.25) is 0 Å². The first-order valence-electron chi connectivity index (χ1n) is 4.89. The maximum Gasteiger partial charge on any atom is 0.174 e. The number of ketones is 1. The van der Waals surface area contributed by atoms with Crippen LogP contribution in [0.3, 0.4) is 0 Å². The van der Waals surface area contributed by atoms with Crippen LogP contribution in [0.25, 0.3) is 0 Å². The Morgan fingerprint density at radius 3 is 2.76 bits per heavy atom. The van der Waals surface area contributed by atoms with Crippen LogP contribution in [-0.4, -0.2) is 21.7 Å². The van der Waals surface area contributed by atoms with Crippen LogP contribution in [0, 0.1) is 5.82 Å². The van der Waals surface area contributed by atoms with Crippen LogP contribution < -0.4 is 0 Å². The van der Waals surface area contributed by atoms with E-state index in [0.29, 0.717) is 12.2 Å². The summed E-state index contributed by atoms with van der Waals surface area (Å²) in [6.45, 7) is 0. The van der Waals surface area contributed by atoms with Crippen LogP contribution in [0.15, 0.2) is 34.1 Å². The van der Waals surface area contributed by atoms with Crippen LogP contribution in [0.1, 0.15) is 5.56 Å². The van der Waals surface area contributed by atoms with Crippen LogP contribution >= 0.6 is 23.1 Å². The summed E-state index contributed by atoms with van der Waals surface area (Å²) in [5.74, 6) is 0.174. The van der Waals surface area contributed by atoms with Crippen molar-refractivity contribution in [2.45, 2.75) is 10.8 Å². The van der Waals surface area contributed by atoms with Crippen LogP contribution in [0.5, 0.6) is 0 Å². The first-order valence-corrected chi connectivity index (χ1v) is 6.75. The van der Waals surface area contributed by atoms with Gasteiger partial charge in [-0.1, -0.05) is 35.2 Å². The SMILES string of the molecule is O=C(CSc1nncs1)Cc1ccc(F)cc1. The molecular weight excluding hydrogens is 259 g/mol. The molecule has 6 heteroatoms. The standard InChI is InChI=1S/C11H9FN2OS2/c12-9-3-1-8(2-4-9)5-10(15)6-16-11-14-13-7-17-11/h1-4,7H,5-6H2. The molecule has 0 aliphatic heterocycles. The van der Waals surface area contributed by atoms with Gasteiger partial charge in [-0.2, -0.15) is 0 Å². The first kappa shape index (κ1) is 12.2. The molecule has 0 saturated heterocycles. The van der Waals surface area contributed by atoms with Crippen LogP contribution in [0.4, 0.5) is 4.39 Å². The number of aromatic nitrogens is 2. The quantitative estimate of drug-likeness (QED) is 0.782. The summed E-state index contributed by atoms with van der Waals surface area (Å²) in [7, 11) is 0. The van der Waals surface area contributed by atoms with Gasteiger partial charge < -0.3 is 0 Å². The predicted octanol–water partition coefficient (Wildman–Crippen LogP) is 2.58. The van der Waals surface area contributed by atoms with Crippen molar-refractivity contribution in [3.63, 3.8) is 0 Å². The molecule has 88 valence electrons. The summed E-state index contributed by atoms with van der Waals surface area (Å²) in [6.07, 6.45) is 0.325. The zero-order chi connectivity index (χ0) is 12.1. The smallest absolute Gasteiger partial charge is 0.174 e. The van der Waals surface area contributed by atoms with E-state index >= 15 is 0 Å². The number of thioether (sulfide) groups is 1. The molecule has 0 spiro atoms. The van der Waals surface area contributed by atoms with Crippen molar-refractivity contribution in [3.05, 3.63) is 41.2 Å². The molecule has 0 aliphatic rings. The van der Waals surface area contributed by atoms with E-state index in [2.05, 4.69) is 10.2 Å². The van der Waals surface area contributed by atoms with Crippen molar-refractivity contribution in [3.8, 4) is 0 Å². The third-order valence-corrected chi connectivity index (χ3v) is 3.93. The maximum atomic E-state index is 12.7. The Kier molecular flexibility index (Phi) is 4.22. The highest BCUT2D eigenvalue weighted by atomic mass is 32.2. The average Bonchev–Trinajstić information content (AvgIpc) is 2.83. The van der Waals surface area contributed by atoms with Gasteiger partial charge in [0.1, 0.15) is 17.1 Å². The lowest BCUT2D eigenvalue weighted by Gasteiger charge is -1.99. The van der Waals surface area contributed by atoms with Gasteiger partial charge in [-0.05, 0) is 17.7 Å².